The van der Waals surface area contributed by atoms with Crippen LogP contribution in [0.4, 0.5) is 5.69 Å². The van der Waals surface area contributed by atoms with E-state index in [-0.39, 0.29) is 5.41 Å². The predicted molar refractivity (Wildman–Crippen MR) is 267 cm³/mol. The molecule has 2 heterocycles. The first kappa shape index (κ1) is 43.2. The zero-order valence-electron chi connectivity index (χ0n) is 37.5. The predicted octanol–water partition coefficient (Wildman–Crippen LogP) is 15.0. The van der Waals surface area contributed by atoms with Crippen molar-refractivity contribution in [3.8, 4) is 0 Å². The molecule has 0 saturated heterocycles. The first-order valence-electron chi connectivity index (χ1n) is 22.0. The zero-order valence-corrected chi connectivity index (χ0v) is 37.5. The van der Waals surface area contributed by atoms with Crippen LogP contribution in [-0.2, 0) is 5.41 Å². The van der Waals surface area contributed by atoms with Gasteiger partial charge in [0.05, 0.1) is 11.2 Å². The summed E-state index contributed by atoms with van der Waals surface area (Å²) in [7, 11) is 0. The van der Waals surface area contributed by atoms with E-state index in [1.807, 2.05) is 41.5 Å². The third-order valence-electron chi connectivity index (χ3n) is 11.5. The van der Waals surface area contributed by atoms with Crippen molar-refractivity contribution in [3.63, 3.8) is 0 Å². The number of benzene rings is 5. The fourth-order valence-corrected chi connectivity index (χ4v) is 8.66. The van der Waals surface area contributed by atoms with Crippen LogP contribution >= 0.6 is 0 Å². The second-order valence-electron chi connectivity index (χ2n) is 15.1. The molecule has 0 amide bonds. The molecule has 9 rings (SSSR count). The van der Waals surface area contributed by atoms with E-state index in [1.165, 1.54) is 65.7 Å². The standard InChI is InChI=1S/C52H44N2.3C2H6/c1-6-16-40(37-17-8-7-9-18-37)34-54-49-26-15-23-43(49)45-32-39(27-28-50(45)54)41-31-35(2)36(3)51-44-22-12-13-24-46(44)52(4,5)47(51)29-30-53(33-41)48-25-14-20-38-19-10-11-21-42(38)48;3*1-2/h6-14,16-34H,3,15H2,1-2,4-5H3;3*1-2H3/b16-6-,30-29-,35-31+,40-34+,41-33+;;;. The monoisotopic (exact) mass is 786 g/mol. The fourth-order valence-electron chi connectivity index (χ4n) is 8.66. The van der Waals surface area contributed by atoms with Crippen LogP contribution in [0.25, 0.3) is 56.7 Å². The van der Waals surface area contributed by atoms with Gasteiger partial charge in [-0.3, -0.25) is 0 Å². The highest BCUT2D eigenvalue weighted by molar-refractivity contribution is 5.99. The molecule has 5 aromatic carbocycles. The number of anilines is 1. The number of allylic oxidation sites excluding steroid dienone is 10. The van der Waals surface area contributed by atoms with Crippen molar-refractivity contribution in [2.45, 2.75) is 81.1 Å². The Bertz CT molecular complexity index is 2840. The lowest BCUT2D eigenvalue weighted by atomic mass is 9.80. The summed E-state index contributed by atoms with van der Waals surface area (Å²) >= 11 is 0. The van der Waals surface area contributed by atoms with Crippen molar-refractivity contribution in [3.05, 3.63) is 208 Å². The van der Waals surface area contributed by atoms with Gasteiger partial charge < -0.3 is 9.47 Å². The Morgan fingerprint density at radius 1 is 0.750 bits per heavy atom. The molecule has 0 unspecified atom stereocenters. The Kier molecular flexibility index (Phi) is 13.8. The fraction of sp³-hybridized carbons (Fsp3) is 0.207. The molecule has 0 bridgehead atoms. The van der Waals surface area contributed by atoms with Crippen molar-refractivity contribution in [1.29, 1.82) is 0 Å². The van der Waals surface area contributed by atoms with Crippen molar-refractivity contribution >= 4 is 62.4 Å². The Morgan fingerprint density at radius 2 is 1.45 bits per heavy atom. The van der Waals surface area contributed by atoms with Crippen LogP contribution in [-0.4, -0.2) is 4.57 Å². The van der Waals surface area contributed by atoms with Crippen LogP contribution in [0, 0.1) is 0 Å². The van der Waals surface area contributed by atoms with E-state index in [4.69, 9.17) is 6.58 Å². The molecule has 0 radical (unpaired) electrons. The van der Waals surface area contributed by atoms with E-state index in [0.717, 1.165) is 34.4 Å². The summed E-state index contributed by atoms with van der Waals surface area (Å²) in [5.74, 6) is 0. The minimum absolute atomic E-state index is 0.171. The van der Waals surface area contributed by atoms with E-state index >= 15 is 0 Å². The Balaban J connectivity index is 0.000000964. The zero-order chi connectivity index (χ0) is 43.0. The van der Waals surface area contributed by atoms with Crippen LogP contribution in [0.2, 0.25) is 0 Å². The third kappa shape index (κ3) is 8.00. The van der Waals surface area contributed by atoms with Crippen LogP contribution in [0.1, 0.15) is 97.9 Å². The molecule has 0 N–H and O–H groups in total. The van der Waals surface area contributed by atoms with Crippen molar-refractivity contribution in [2.24, 2.45) is 0 Å². The molecule has 2 nitrogen and oxygen atoms in total. The summed E-state index contributed by atoms with van der Waals surface area (Å²) < 4.78 is 2.38. The molecule has 304 valence electrons. The third-order valence-corrected chi connectivity index (χ3v) is 11.5. The topological polar surface area (TPSA) is 8.17 Å². The van der Waals surface area contributed by atoms with Gasteiger partial charge in [0, 0.05) is 45.4 Å². The first-order chi connectivity index (χ1) is 29.3. The minimum Gasteiger partial charge on any atom is -0.323 e. The van der Waals surface area contributed by atoms with Gasteiger partial charge in [0.25, 0.3) is 0 Å². The highest BCUT2D eigenvalue weighted by Crippen LogP contribution is 2.50. The Morgan fingerprint density at radius 3 is 2.22 bits per heavy atom. The highest BCUT2D eigenvalue weighted by Gasteiger charge is 2.37. The van der Waals surface area contributed by atoms with Gasteiger partial charge in [-0.2, -0.15) is 0 Å². The summed E-state index contributed by atoms with van der Waals surface area (Å²) in [6.45, 7) is 25.7. The number of hydrogen-bond acceptors (Lipinski definition) is 1. The van der Waals surface area contributed by atoms with Gasteiger partial charge in [-0.05, 0) is 112 Å². The van der Waals surface area contributed by atoms with E-state index in [2.05, 4.69) is 207 Å². The normalized spacial score (nSPS) is 17.5. The maximum Gasteiger partial charge on any atom is 0.0535 e. The summed E-state index contributed by atoms with van der Waals surface area (Å²) in [6, 6.07) is 41.7. The molecule has 6 aromatic rings. The number of hydrogen-bond donors (Lipinski definition) is 0. The average molecular weight is 787 g/mol. The second-order valence-corrected chi connectivity index (χ2v) is 15.1. The maximum absolute atomic E-state index is 4.77. The Hall–Kier alpha value is -6.38. The average Bonchev–Trinajstić information content (AvgIpc) is 3.96. The lowest BCUT2D eigenvalue weighted by Gasteiger charge is -2.26. The molecule has 1 aliphatic heterocycles. The first-order valence-corrected chi connectivity index (χ1v) is 22.0. The number of rotatable bonds is 5. The van der Waals surface area contributed by atoms with Crippen LogP contribution < -0.4 is 15.5 Å². The molecule has 3 aliphatic rings. The van der Waals surface area contributed by atoms with Gasteiger partial charge in [0.15, 0.2) is 0 Å². The maximum atomic E-state index is 4.77. The molecule has 0 spiro atoms. The molecular weight excluding hydrogens is 725 g/mol. The van der Waals surface area contributed by atoms with Crippen molar-refractivity contribution < 1.29 is 0 Å². The van der Waals surface area contributed by atoms with Gasteiger partial charge in [0.2, 0.25) is 0 Å². The van der Waals surface area contributed by atoms with Gasteiger partial charge in [-0.1, -0.05) is 183 Å². The van der Waals surface area contributed by atoms with E-state index < -0.39 is 0 Å². The highest BCUT2D eigenvalue weighted by atomic mass is 15.1. The van der Waals surface area contributed by atoms with Crippen molar-refractivity contribution in [2.75, 3.05) is 4.90 Å². The quantitative estimate of drug-likeness (QED) is 0.158. The molecule has 1 aromatic heterocycles. The molecular formula is C58H62N2. The molecule has 2 heteroatoms. The van der Waals surface area contributed by atoms with Gasteiger partial charge >= 0.3 is 0 Å². The second kappa shape index (κ2) is 19.1. The van der Waals surface area contributed by atoms with Crippen LogP contribution in [0.5, 0.6) is 0 Å². The molecule has 2 aliphatic carbocycles. The van der Waals surface area contributed by atoms with Crippen LogP contribution in [0.3, 0.4) is 0 Å². The van der Waals surface area contributed by atoms with Crippen molar-refractivity contribution in [1.82, 2.24) is 4.57 Å². The smallest absolute Gasteiger partial charge is 0.0535 e. The summed E-state index contributed by atoms with van der Waals surface area (Å²) in [5, 5.41) is 6.24. The lowest BCUT2D eigenvalue weighted by molar-refractivity contribution is 0.654. The Labute approximate surface area is 359 Å². The molecule has 0 fully saturated rings. The number of aromatic nitrogens is 1. The largest absolute Gasteiger partial charge is 0.323 e. The van der Waals surface area contributed by atoms with E-state index in [0.29, 0.717) is 0 Å². The summed E-state index contributed by atoms with van der Waals surface area (Å²) in [4.78, 5) is 2.32. The summed E-state index contributed by atoms with van der Waals surface area (Å²) in [5.41, 5.74) is 14.2. The molecule has 0 saturated carbocycles. The van der Waals surface area contributed by atoms with Crippen LogP contribution in [0.15, 0.2) is 175 Å². The summed E-state index contributed by atoms with van der Waals surface area (Å²) in [6.07, 6.45) is 21.5. The van der Waals surface area contributed by atoms with Gasteiger partial charge in [0.1, 0.15) is 0 Å². The number of fused-ring (bicyclic) bond motifs is 6. The lowest BCUT2D eigenvalue weighted by Crippen LogP contribution is -2.23. The molecule has 60 heavy (non-hydrogen) atoms. The number of nitrogens with zero attached hydrogens (tertiary/aromatic N) is 2. The molecule has 0 atom stereocenters. The van der Waals surface area contributed by atoms with Gasteiger partial charge in [-0.25, -0.2) is 0 Å². The minimum atomic E-state index is -0.171. The van der Waals surface area contributed by atoms with Gasteiger partial charge in [-0.15, -0.1) is 0 Å². The van der Waals surface area contributed by atoms with E-state index in [1.54, 1.807) is 0 Å². The van der Waals surface area contributed by atoms with E-state index in [9.17, 15) is 0 Å². The SMILES string of the molecule is C=C1C2=C(/C=C\N(c3cccc4ccccc34)/C=C(c3ccc4c(c3)c3c(n4/C=C(\C=C/C)c4ccccc4)=CCC=3)\C=C\1C)C(C)(C)c1ccccc12.CC.CC.CC.